The molecule has 1 heterocycles. The molecule has 0 spiro atoms. The first-order valence-electron chi connectivity index (χ1n) is 8.17. The minimum absolute atomic E-state index is 0.464. The Morgan fingerprint density at radius 3 is 2.50 bits per heavy atom. The minimum Gasteiger partial charge on any atom is -0.327 e. The van der Waals surface area contributed by atoms with Crippen LogP contribution in [0, 0.1) is 11.3 Å². The number of rotatable bonds is 4. The van der Waals surface area contributed by atoms with E-state index in [1.807, 2.05) is 0 Å². The lowest BCUT2D eigenvalue weighted by atomic mass is 9.82. The third-order valence-electron chi connectivity index (χ3n) is 5.73. The predicted molar refractivity (Wildman–Crippen MR) is 78.6 cm³/mol. The molecule has 1 aliphatic carbocycles. The van der Waals surface area contributed by atoms with Gasteiger partial charge in [0.25, 0.3) is 0 Å². The first-order valence-corrected chi connectivity index (χ1v) is 8.17. The first-order chi connectivity index (χ1) is 8.69. The van der Waals surface area contributed by atoms with E-state index in [0.717, 1.165) is 5.92 Å². The largest absolute Gasteiger partial charge is 0.327 e. The van der Waals surface area contributed by atoms with Gasteiger partial charge >= 0.3 is 0 Å². The van der Waals surface area contributed by atoms with Crippen molar-refractivity contribution in [2.24, 2.45) is 17.1 Å². The fourth-order valence-electron chi connectivity index (χ4n) is 3.98. The maximum Gasteiger partial charge on any atom is 0.00793 e. The van der Waals surface area contributed by atoms with Crippen LogP contribution in [0.5, 0.6) is 0 Å². The molecule has 2 nitrogen and oxygen atoms in total. The smallest absolute Gasteiger partial charge is 0.00793 e. The molecule has 0 aromatic carbocycles. The highest BCUT2D eigenvalue weighted by Crippen LogP contribution is 2.37. The Kier molecular flexibility index (Phi) is 5.08. The predicted octanol–water partition coefficient (Wildman–Crippen LogP) is 3.41. The van der Waals surface area contributed by atoms with Crippen LogP contribution < -0.4 is 5.73 Å². The van der Waals surface area contributed by atoms with Gasteiger partial charge in [0.2, 0.25) is 0 Å². The molecule has 2 rings (SSSR count). The summed E-state index contributed by atoms with van der Waals surface area (Å²) in [4.78, 5) is 2.71. The van der Waals surface area contributed by atoms with Crippen LogP contribution in [-0.4, -0.2) is 30.6 Å². The van der Waals surface area contributed by atoms with Crippen LogP contribution in [0.1, 0.15) is 65.2 Å². The summed E-state index contributed by atoms with van der Waals surface area (Å²) in [7, 11) is 0. The summed E-state index contributed by atoms with van der Waals surface area (Å²) in [6.45, 7) is 8.63. The average molecular weight is 252 g/mol. The molecule has 1 saturated heterocycles. The van der Waals surface area contributed by atoms with Gasteiger partial charge in [0.1, 0.15) is 0 Å². The van der Waals surface area contributed by atoms with Crippen LogP contribution in [0.4, 0.5) is 0 Å². The van der Waals surface area contributed by atoms with Gasteiger partial charge < -0.3 is 10.6 Å². The van der Waals surface area contributed by atoms with Crippen LogP contribution in [0.15, 0.2) is 0 Å². The molecule has 2 N–H and O–H groups in total. The maximum absolute atomic E-state index is 6.36. The van der Waals surface area contributed by atoms with Crippen molar-refractivity contribution in [3.05, 3.63) is 0 Å². The Morgan fingerprint density at radius 2 is 1.83 bits per heavy atom. The molecule has 0 amide bonds. The highest BCUT2D eigenvalue weighted by Gasteiger charge is 2.36. The number of likely N-dealkylation sites (tertiary alicyclic amines) is 1. The highest BCUT2D eigenvalue weighted by atomic mass is 15.2. The van der Waals surface area contributed by atoms with Gasteiger partial charge in [-0.25, -0.2) is 0 Å². The zero-order valence-corrected chi connectivity index (χ0v) is 12.5. The first kappa shape index (κ1) is 14.3. The minimum atomic E-state index is 0.464. The Labute approximate surface area is 113 Å². The van der Waals surface area contributed by atoms with Gasteiger partial charge in [-0.2, -0.15) is 0 Å². The lowest BCUT2D eigenvalue weighted by Crippen LogP contribution is -2.38. The lowest BCUT2D eigenvalue weighted by Gasteiger charge is -2.30. The summed E-state index contributed by atoms with van der Waals surface area (Å²) in [5.74, 6) is 0.761. The normalized spacial score (nSPS) is 33.5. The fraction of sp³-hybridized carbons (Fsp3) is 1.00. The highest BCUT2D eigenvalue weighted by molar-refractivity contribution is 4.90. The maximum atomic E-state index is 6.36. The van der Waals surface area contributed by atoms with Crippen molar-refractivity contribution < 1.29 is 0 Å². The standard InChI is InChI=1S/C16H32N2/c1-3-16(4-2)10-11-18(13-16)12-14-8-6-5-7-9-15(14)17/h14-15H,3-13,17H2,1-2H3. The number of hydrogen-bond donors (Lipinski definition) is 1. The van der Waals surface area contributed by atoms with Crippen molar-refractivity contribution in [3.8, 4) is 0 Å². The van der Waals surface area contributed by atoms with Gasteiger partial charge in [-0.1, -0.05) is 33.1 Å². The monoisotopic (exact) mass is 252 g/mol. The molecule has 2 atom stereocenters. The van der Waals surface area contributed by atoms with Crippen LogP contribution >= 0.6 is 0 Å². The van der Waals surface area contributed by atoms with Crippen molar-refractivity contribution in [3.63, 3.8) is 0 Å². The third-order valence-corrected chi connectivity index (χ3v) is 5.73. The average Bonchev–Trinajstić information content (AvgIpc) is 2.70. The van der Waals surface area contributed by atoms with Gasteiger partial charge in [0.15, 0.2) is 0 Å². The molecular weight excluding hydrogens is 220 g/mol. The summed E-state index contributed by atoms with van der Waals surface area (Å²) in [6, 6.07) is 0.464. The van der Waals surface area contributed by atoms with E-state index in [-0.39, 0.29) is 0 Å². The molecule has 2 heteroatoms. The van der Waals surface area contributed by atoms with Gasteiger partial charge in [-0.15, -0.1) is 0 Å². The fourth-order valence-corrected chi connectivity index (χ4v) is 3.98. The molecular formula is C16H32N2. The van der Waals surface area contributed by atoms with E-state index in [1.165, 1.54) is 71.0 Å². The molecule has 0 bridgehead atoms. The zero-order valence-electron chi connectivity index (χ0n) is 12.5. The van der Waals surface area contributed by atoms with E-state index in [0.29, 0.717) is 11.5 Å². The van der Waals surface area contributed by atoms with Crippen LogP contribution in [-0.2, 0) is 0 Å². The van der Waals surface area contributed by atoms with E-state index in [1.54, 1.807) is 0 Å². The van der Waals surface area contributed by atoms with Crippen molar-refractivity contribution in [1.29, 1.82) is 0 Å². The Morgan fingerprint density at radius 1 is 1.11 bits per heavy atom. The van der Waals surface area contributed by atoms with Gasteiger partial charge in [0.05, 0.1) is 0 Å². The van der Waals surface area contributed by atoms with Crippen LogP contribution in [0.25, 0.3) is 0 Å². The molecule has 106 valence electrons. The molecule has 2 fully saturated rings. The second-order valence-electron chi connectivity index (χ2n) is 6.75. The topological polar surface area (TPSA) is 29.3 Å². The number of nitrogens with two attached hydrogens (primary N) is 1. The second kappa shape index (κ2) is 6.38. The van der Waals surface area contributed by atoms with Crippen molar-refractivity contribution in [2.45, 2.75) is 71.3 Å². The molecule has 2 unspecified atom stereocenters. The van der Waals surface area contributed by atoms with E-state index in [9.17, 15) is 0 Å². The molecule has 1 saturated carbocycles. The third kappa shape index (κ3) is 3.27. The van der Waals surface area contributed by atoms with Crippen LogP contribution in [0.3, 0.4) is 0 Å². The van der Waals surface area contributed by atoms with E-state index in [4.69, 9.17) is 5.73 Å². The lowest BCUT2D eigenvalue weighted by molar-refractivity contribution is 0.202. The molecule has 0 aromatic rings. The molecule has 0 radical (unpaired) electrons. The summed E-state index contributed by atoms with van der Waals surface area (Å²) in [6.07, 6.45) is 10.9. The Balaban J connectivity index is 1.86. The Hall–Kier alpha value is -0.0800. The summed E-state index contributed by atoms with van der Waals surface area (Å²) in [5.41, 5.74) is 6.98. The SMILES string of the molecule is CCC1(CC)CCN(CC2CCCCCC2N)C1. The second-order valence-corrected chi connectivity index (χ2v) is 6.75. The van der Waals surface area contributed by atoms with E-state index >= 15 is 0 Å². The summed E-state index contributed by atoms with van der Waals surface area (Å²) in [5, 5.41) is 0. The molecule has 18 heavy (non-hydrogen) atoms. The number of nitrogens with zero attached hydrogens (tertiary/aromatic N) is 1. The van der Waals surface area contributed by atoms with E-state index in [2.05, 4.69) is 18.7 Å². The van der Waals surface area contributed by atoms with E-state index < -0.39 is 0 Å². The van der Waals surface area contributed by atoms with Crippen molar-refractivity contribution in [2.75, 3.05) is 19.6 Å². The van der Waals surface area contributed by atoms with Gasteiger partial charge in [0, 0.05) is 19.1 Å². The number of hydrogen-bond acceptors (Lipinski definition) is 2. The summed E-state index contributed by atoms with van der Waals surface area (Å²) >= 11 is 0. The summed E-state index contributed by atoms with van der Waals surface area (Å²) < 4.78 is 0. The molecule has 2 aliphatic rings. The van der Waals surface area contributed by atoms with Crippen LogP contribution in [0.2, 0.25) is 0 Å². The molecule has 1 aliphatic heterocycles. The quantitative estimate of drug-likeness (QED) is 0.777. The Bertz CT molecular complexity index is 247. The van der Waals surface area contributed by atoms with Crippen molar-refractivity contribution >= 4 is 0 Å². The van der Waals surface area contributed by atoms with Gasteiger partial charge in [-0.05, 0) is 50.0 Å². The molecule has 0 aromatic heterocycles. The zero-order chi connectivity index (χ0) is 13.0. The van der Waals surface area contributed by atoms with Crippen molar-refractivity contribution in [1.82, 2.24) is 4.90 Å². The van der Waals surface area contributed by atoms with Gasteiger partial charge in [-0.3, -0.25) is 0 Å².